The van der Waals surface area contributed by atoms with Gasteiger partial charge < -0.3 is 20.1 Å². The lowest BCUT2D eigenvalue weighted by molar-refractivity contribution is -0.153. The van der Waals surface area contributed by atoms with Crippen LogP contribution >= 0.6 is 0 Å². The van der Waals surface area contributed by atoms with Gasteiger partial charge in [-0.1, -0.05) is 68.8 Å². The first-order valence-corrected chi connectivity index (χ1v) is 12.4. The van der Waals surface area contributed by atoms with Crippen LogP contribution in [0.2, 0.25) is 0 Å². The summed E-state index contributed by atoms with van der Waals surface area (Å²) in [4.78, 5) is 39.6. The van der Waals surface area contributed by atoms with Crippen LogP contribution in [0, 0.1) is 11.3 Å². The van der Waals surface area contributed by atoms with Crippen molar-refractivity contribution in [1.29, 1.82) is 0 Å². The Labute approximate surface area is 205 Å². The number of ether oxygens (including phenoxy) is 1. The van der Waals surface area contributed by atoms with Gasteiger partial charge in [-0.2, -0.15) is 0 Å². The summed E-state index contributed by atoms with van der Waals surface area (Å²) in [7, 11) is 0. The maximum Gasteiger partial charge on any atom is 0.407 e. The number of aliphatic carboxylic acids is 1. The van der Waals surface area contributed by atoms with Crippen LogP contribution in [0.4, 0.5) is 4.79 Å². The van der Waals surface area contributed by atoms with E-state index < -0.39 is 29.4 Å². The van der Waals surface area contributed by atoms with Gasteiger partial charge in [0, 0.05) is 18.5 Å². The number of amides is 2. The topological polar surface area (TPSA) is 95.9 Å². The highest BCUT2D eigenvalue weighted by molar-refractivity contribution is 5.87. The van der Waals surface area contributed by atoms with E-state index in [1.54, 1.807) is 0 Å². The number of carboxylic acids is 1. The minimum atomic E-state index is -0.972. The van der Waals surface area contributed by atoms with Crippen molar-refractivity contribution in [1.82, 2.24) is 10.2 Å². The normalized spacial score (nSPS) is 24.6. The minimum absolute atomic E-state index is 0.0303. The van der Waals surface area contributed by atoms with Gasteiger partial charge in [0.05, 0.1) is 5.92 Å². The van der Waals surface area contributed by atoms with Crippen molar-refractivity contribution in [2.75, 3.05) is 13.2 Å². The van der Waals surface area contributed by atoms with Crippen LogP contribution in [-0.4, -0.2) is 53.2 Å². The monoisotopic (exact) mass is 476 g/mol. The summed E-state index contributed by atoms with van der Waals surface area (Å²) in [5, 5.41) is 12.7. The Bertz CT molecular complexity index is 1110. The molecule has 0 radical (unpaired) electrons. The molecule has 2 aromatic carbocycles. The van der Waals surface area contributed by atoms with Gasteiger partial charge in [0.1, 0.15) is 12.6 Å². The quantitative estimate of drug-likeness (QED) is 0.667. The number of likely N-dealkylation sites (tertiary alicyclic amines) is 1. The van der Waals surface area contributed by atoms with Crippen LogP contribution in [0.15, 0.2) is 48.5 Å². The van der Waals surface area contributed by atoms with Crippen molar-refractivity contribution < 1.29 is 24.2 Å². The molecule has 2 amide bonds. The maximum absolute atomic E-state index is 13.4. The molecule has 3 aliphatic rings. The molecule has 2 aromatic rings. The molecule has 7 nitrogen and oxygen atoms in total. The fourth-order valence-corrected chi connectivity index (χ4v) is 6.23. The summed E-state index contributed by atoms with van der Waals surface area (Å²) in [5.74, 6) is -1.60. The summed E-state index contributed by atoms with van der Waals surface area (Å²) in [6, 6.07) is 15.2. The number of carbonyl (C=O) groups excluding carboxylic acids is 2. The molecule has 7 heteroatoms. The lowest BCUT2D eigenvalue weighted by atomic mass is 9.84. The summed E-state index contributed by atoms with van der Waals surface area (Å²) in [6.45, 7) is 4.42. The fraction of sp³-hybridized carbons (Fsp3) is 0.464. The van der Waals surface area contributed by atoms with Crippen molar-refractivity contribution >= 4 is 18.0 Å². The zero-order chi connectivity index (χ0) is 24.7. The molecule has 3 atom stereocenters. The number of hydrogen-bond donors (Lipinski definition) is 2. The summed E-state index contributed by atoms with van der Waals surface area (Å²) < 4.78 is 5.68. The first-order valence-electron chi connectivity index (χ1n) is 12.4. The first-order chi connectivity index (χ1) is 16.8. The van der Waals surface area contributed by atoms with Gasteiger partial charge in [0.25, 0.3) is 0 Å². The number of hydrogen-bond acceptors (Lipinski definition) is 4. The third-order valence-electron chi connectivity index (χ3n) is 8.05. The van der Waals surface area contributed by atoms with E-state index in [0.29, 0.717) is 25.8 Å². The van der Waals surface area contributed by atoms with Crippen LogP contribution in [-0.2, 0) is 14.3 Å². The molecule has 184 valence electrons. The number of rotatable bonds is 5. The molecule has 0 spiro atoms. The van der Waals surface area contributed by atoms with Crippen LogP contribution in [0.3, 0.4) is 0 Å². The smallest absolute Gasteiger partial charge is 0.407 e. The number of carboxylic acid groups (broad SMARTS) is 1. The number of alkyl carbamates (subject to hydrolysis) is 1. The third kappa shape index (κ3) is 4.17. The molecule has 1 unspecified atom stereocenters. The van der Waals surface area contributed by atoms with Gasteiger partial charge in [-0.25, -0.2) is 9.59 Å². The van der Waals surface area contributed by atoms with Crippen molar-refractivity contribution in [2.24, 2.45) is 11.3 Å². The standard InChI is InChI=1S/C28H32N2O5/c1-28(2)14-15-30(24(28)26(32)33)25(31)21-12-7-13-23(21)29-27(34)35-16-22-19-10-5-3-8-17(19)18-9-4-6-11-20(18)22/h3-6,8-11,21-24H,7,12-16H2,1-2H3,(H,29,34)(H,32,33)/t21-,23+,24?/m1/s1. The van der Waals surface area contributed by atoms with Crippen LogP contribution in [0.25, 0.3) is 11.1 Å². The van der Waals surface area contributed by atoms with Crippen LogP contribution in [0.5, 0.6) is 0 Å². The lowest BCUT2D eigenvalue weighted by Crippen LogP contribution is -2.51. The highest BCUT2D eigenvalue weighted by Crippen LogP contribution is 2.44. The molecule has 2 fully saturated rings. The molecule has 0 bridgehead atoms. The first kappa shape index (κ1) is 23.4. The predicted octanol–water partition coefficient (Wildman–Crippen LogP) is 4.41. The Morgan fingerprint density at radius 3 is 2.29 bits per heavy atom. The van der Waals surface area contributed by atoms with E-state index in [1.165, 1.54) is 16.0 Å². The molecule has 1 saturated heterocycles. The van der Waals surface area contributed by atoms with Gasteiger partial charge in [-0.3, -0.25) is 4.79 Å². The van der Waals surface area contributed by atoms with Gasteiger partial charge in [0.15, 0.2) is 0 Å². The van der Waals surface area contributed by atoms with Gasteiger partial charge >= 0.3 is 12.1 Å². The Balaban J connectivity index is 1.24. The number of nitrogens with zero attached hydrogens (tertiary/aromatic N) is 1. The van der Waals surface area contributed by atoms with E-state index in [1.807, 2.05) is 38.1 Å². The van der Waals surface area contributed by atoms with E-state index in [-0.39, 0.29) is 24.5 Å². The number of carbonyl (C=O) groups is 3. The lowest BCUT2D eigenvalue weighted by Gasteiger charge is -2.32. The van der Waals surface area contributed by atoms with E-state index >= 15 is 0 Å². The van der Waals surface area contributed by atoms with Crippen molar-refractivity contribution in [3.05, 3.63) is 59.7 Å². The van der Waals surface area contributed by atoms with E-state index in [9.17, 15) is 19.5 Å². The van der Waals surface area contributed by atoms with Gasteiger partial charge in [-0.15, -0.1) is 0 Å². The molecule has 2 aliphatic carbocycles. The van der Waals surface area contributed by atoms with Crippen molar-refractivity contribution in [2.45, 2.75) is 57.5 Å². The predicted molar refractivity (Wildman–Crippen MR) is 131 cm³/mol. The second-order valence-corrected chi connectivity index (χ2v) is 10.6. The van der Waals surface area contributed by atoms with Gasteiger partial charge in [-0.05, 0) is 46.9 Å². The third-order valence-corrected chi connectivity index (χ3v) is 8.05. The molecular weight excluding hydrogens is 444 g/mol. The zero-order valence-corrected chi connectivity index (χ0v) is 20.2. The Morgan fingerprint density at radius 1 is 1.03 bits per heavy atom. The molecule has 1 heterocycles. The largest absolute Gasteiger partial charge is 0.480 e. The molecule has 35 heavy (non-hydrogen) atoms. The molecule has 1 aliphatic heterocycles. The van der Waals surface area contributed by atoms with Crippen molar-refractivity contribution in [3.63, 3.8) is 0 Å². The summed E-state index contributed by atoms with van der Waals surface area (Å²) in [6.07, 6.45) is 2.23. The molecule has 0 aromatic heterocycles. The molecule has 5 rings (SSSR count). The second-order valence-electron chi connectivity index (χ2n) is 10.6. The Morgan fingerprint density at radius 2 is 1.66 bits per heavy atom. The zero-order valence-electron chi connectivity index (χ0n) is 20.2. The summed E-state index contributed by atoms with van der Waals surface area (Å²) >= 11 is 0. The molecular formula is C28H32N2O5. The minimum Gasteiger partial charge on any atom is -0.480 e. The molecule has 1 saturated carbocycles. The van der Waals surface area contributed by atoms with Crippen molar-refractivity contribution in [3.8, 4) is 11.1 Å². The van der Waals surface area contributed by atoms with Gasteiger partial charge in [0.2, 0.25) is 5.91 Å². The van der Waals surface area contributed by atoms with E-state index in [0.717, 1.165) is 17.5 Å². The Kier molecular flexibility index (Phi) is 6.03. The second kappa shape index (κ2) is 9.02. The maximum atomic E-state index is 13.4. The van der Waals surface area contributed by atoms with Crippen LogP contribution in [0.1, 0.15) is 56.6 Å². The highest BCUT2D eigenvalue weighted by Gasteiger charge is 2.50. The van der Waals surface area contributed by atoms with E-state index in [2.05, 4.69) is 29.6 Å². The summed E-state index contributed by atoms with van der Waals surface area (Å²) in [5.41, 5.74) is 4.15. The number of nitrogens with one attached hydrogen (secondary N) is 1. The molecule has 2 N–H and O–H groups in total. The number of benzene rings is 2. The van der Waals surface area contributed by atoms with Crippen LogP contribution < -0.4 is 5.32 Å². The van der Waals surface area contributed by atoms with E-state index in [4.69, 9.17) is 4.74 Å². The fourth-order valence-electron chi connectivity index (χ4n) is 6.23. The number of fused-ring (bicyclic) bond motifs is 3. The Hall–Kier alpha value is -3.35. The SMILES string of the molecule is CC1(C)CCN(C(=O)[C@@H]2CCC[C@@H]2NC(=O)OCC2c3ccccc3-c3ccccc32)C1C(=O)O. The average Bonchev–Trinajstić information content (AvgIpc) is 3.51. The average molecular weight is 477 g/mol. The highest BCUT2D eigenvalue weighted by atomic mass is 16.5.